The molecular weight excluding hydrogens is 605 g/mol. The molecule has 10 heteroatoms. The van der Waals surface area contributed by atoms with Crippen molar-refractivity contribution >= 4 is 50.7 Å². The molecule has 0 bridgehead atoms. The van der Waals surface area contributed by atoms with Crippen molar-refractivity contribution in [3.05, 3.63) is 130 Å². The van der Waals surface area contributed by atoms with Gasteiger partial charge in [-0.15, -0.1) is 0 Å². The molecule has 1 atom stereocenters. The van der Waals surface area contributed by atoms with Crippen molar-refractivity contribution in [3.63, 3.8) is 0 Å². The van der Waals surface area contributed by atoms with E-state index in [1.54, 1.807) is 25.1 Å². The quantitative estimate of drug-likeness (QED) is 0.198. The number of hydrogen-bond acceptors (Lipinski definition) is 4. The molecule has 224 valence electrons. The summed E-state index contributed by atoms with van der Waals surface area (Å²) in [6.07, 6.45) is 0.235. The molecule has 2 amide bonds. The maximum atomic E-state index is 14.4. The number of amides is 2. The number of anilines is 1. The van der Waals surface area contributed by atoms with Crippen LogP contribution in [0.15, 0.2) is 108 Å². The van der Waals surface area contributed by atoms with Crippen LogP contribution in [0.25, 0.3) is 0 Å². The second kappa shape index (κ2) is 14.6. The van der Waals surface area contributed by atoms with Crippen molar-refractivity contribution < 1.29 is 18.0 Å². The average molecular weight is 639 g/mol. The van der Waals surface area contributed by atoms with Gasteiger partial charge in [0.05, 0.1) is 10.6 Å². The minimum Gasteiger partial charge on any atom is -0.355 e. The van der Waals surface area contributed by atoms with Crippen LogP contribution in [-0.4, -0.2) is 44.3 Å². The number of nitrogens with one attached hydrogen (secondary N) is 1. The minimum absolute atomic E-state index is 0.00584. The Hall–Kier alpha value is -3.85. The van der Waals surface area contributed by atoms with E-state index in [0.29, 0.717) is 6.54 Å². The monoisotopic (exact) mass is 637 g/mol. The molecule has 43 heavy (non-hydrogen) atoms. The van der Waals surface area contributed by atoms with Gasteiger partial charge in [0.1, 0.15) is 12.6 Å². The summed E-state index contributed by atoms with van der Waals surface area (Å²) in [5.74, 6) is -0.903. The number of benzene rings is 4. The zero-order chi connectivity index (χ0) is 31.0. The lowest BCUT2D eigenvalue weighted by Gasteiger charge is -2.34. The zero-order valence-corrected chi connectivity index (χ0v) is 26.2. The Bertz CT molecular complexity index is 1650. The predicted molar refractivity (Wildman–Crippen MR) is 172 cm³/mol. The van der Waals surface area contributed by atoms with Gasteiger partial charge in [-0.3, -0.25) is 13.9 Å². The van der Waals surface area contributed by atoms with Crippen LogP contribution < -0.4 is 9.62 Å². The van der Waals surface area contributed by atoms with E-state index in [9.17, 15) is 18.0 Å². The highest BCUT2D eigenvalue weighted by atomic mass is 35.5. The number of nitrogens with zero attached hydrogens (tertiary/aromatic N) is 2. The summed E-state index contributed by atoms with van der Waals surface area (Å²) >= 11 is 12.5. The Labute approximate surface area is 263 Å². The van der Waals surface area contributed by atoms with Gasteiger partial charge >= 0.3 is 0 Å². The minimum atomic E-state index is -4.24. The molecule has 0 spiro atoms. The molecule has 4 aromatic carbocycles. The van der Waals surface area contributed by atoms with Crippen molar-refractivity contribution in [1.82, 2.24) is 10.2 Å². The molecule has 0 unspecified atom stereocenters. The van der Waals surface area contributed by atoms with Crippen molar-refractivity contribution in [2.24, 2.45) is 0 Å². The Morgan fingerprint density at radius 3 is 2.02 bits per heavy atom. The van der Waals surface area contributed by atoms with Crippen LogP contribution in [0.3, 0.4) is 0 Å². The highest BCUT2D eigenvalue weighted by Crippen LogP contribution is 2.30. The smallest absolute Gasteiger partial charge is 0.264 e. The summed E-state index contributed by atoms with van der Waals surface area (Å²) in [6, 6.07) is 28.3. The van der Waals surface area contributed by atoms with Gasteiger partial charge in [0.2, 0.25) is 11.8 Å². The Kier molecular flexibility index (Phi) is 10.9. The molecule has 0 heterocycles. The molecular formula is C33H33Cl2N3O4S. The van der Waals surface area contributed by atoms with E-state index in [0.717, 1.165) is 21.0 Å². The molecule has 0 saturated carbocycles. The number of hydrogen-bond donors (Lipinski definition) is 1. The molecule has 1 N–H and O–H groups in total. The van der Waals surface area contributed by atoms with E-state index in [2.05, 4.69) is 5.32 Å². The highest BCUT2D eigenvalue weighted by Gasteiger charge is 2.34. The molecule has 4 aromatic rings. The lowest BCUT2D eigenvalue weighted by molar-refractivity contribution is -0.140. The Balaban J connectivity index is 1.81. The third kappa shape index (κ3) is 8.38. The summed E-state index contributed by atoms with van der Waals surface area (Å²) in [6.45, 7) is 3.61. The van der Waals surface area contributed by atoms with Crippen LogP contribution in [-0.2, 0) is 32.6 Å². The molecule has 0 aliphatic carbocycles. The first-order valence-electron chi connectivity index (χ1n) is 13.8. The van der Waals surface area contributed by atoms with Crippen LogP contribution in [0.1, 0.15) is 23.6 Å². The van der Waals surface area contributed by atoms with E-state index in [1.807, 2.05) is 61.5 Å². The van der Waals surface area contributed by atoms with Gasteiger partial charge in [-0.2, -0.15) is 0 Å². The molecule has 7 nitrogen and oxygen atoms in total. The van der Waals surface area contributed by atoms with Crippen molar-refractivity contribution in [1.29, 1.82) is 0 Å². The first-order valence-corrected chi connectivity index (χ1v) is 16.0. The van der Waals surface area contributed by atoms with Crippen LogP contribution in [0.5, 0.6) is 0 Å². The summed E-state index contributed by atoms with van der Waals surface area (Å²) in [5.41, 5.74) is 2.78. The normalized spacial score (nSPS) is 11.9. The SMILES string of the molecule is CCNC(=O)[C@H](Cc1ccccc1)N(Cc1cccc(C)c1)C(=O)CN(c1cc(Cl)cc(Cl)c1)S(=O)(=O)c1ccccc1. The van der Waals surface area contributed by atoms with Gasteiger partial charge in [-0.1, -0.05) is 102 Å². The maximum Gasteiger partial charge on any atom is 0.264 e. The lowest BCUT2D eigenvalue weighted by atomic mass is 10.0. The van der Waals surface area contributed by atoms with E-state index in [1.165, 1.54) is 35.2 Å². The molecule has 4 rings (SSSR count). The fraction of sp³-hybridized carbons (Fsp3) is 0.212. The third-order valence-electron chi connectivity index (χ3n) is 6.80. The maximum absolute atomic E-state index is 14.4. The van der Waals surface area contributed by atoms with E-state index < -0.39 is 28.5 Å². The van der Waals surface area contributed by atoms with Crippen LogP contribution in [0.4, 0.5) is 5.69 Å². The third-order valence-corrected chi connectivity index (χ3v) is 9.03. The van der Waals surface area contributed by atoms with Crippen LogP contribution in [0.2, 0.25) is 10.0 Å². The van der Waals surface area contributed by atoms with Crippen molar-refractivity contribution in [2.75, 3.05) is 17.4 Å². The number of rotatable bonds is 12. The second-order valence-corrected chi connectivity index (χ2v) is 12.8. The predicted octanol–water partition coefficient (Wildman–Crippen LogP) is 6.27. The molecule has 0 aromatic heterocycles. The number of carbonyl (C=O) groups is 2. The van der Waals surface area contributed by atoms with Gasteiger partial charge in [0.15, 0.2) is 0 Å². The van der Waals surface area contributed by atoms with Crippen LogP contribution in [0, 0.1) is 6.92 Å². The largest absolute Gasteiger partial charge is 0.355 e. The molecule has 0 saturated heterocycles. The number of sulfonamides is 1. The summed E-state index contributed by atoms with van der Waals surface area (Å²) < 4.78 is 29.0. The topological polar surface area (TPSA) is 86.8 Å². The van der Waals surface area contributed by atoms with Crippen LogP contribution >= 0.6 is 23.2 Å². The standard InChI is InChI=1S/C33H33Cl2N3O4S/c1-3-36-33(40)31(18-25-12-6-4-7-13-25)37(22-26-14-10-11-24(2)17-26)32(39)23-38(29-20-27(34)19-28(35)21-29)43(41,42)30-15-8-5-9-16-30/h4-17,19-21,31H,3,18,22-23H2,1-2H3,(H,36,40)/t31-/m0/s1. The molecule has 0 aliphatic heterocycles. The van der Waals surface area contributed by atoms with Crippen molar-refractivity contribution in [2.45, 2.75) is 37.8 Å². The lowest BCUT2D eigenvalue weighted by Crippen LogP contribution is -2.53. The van der Waals surface area contributed by atoms with E-state index >= 15 is 0 Å². The first-order chi connectivity index (χ1) is 20.6. The first kappa shape index (κ1) is 32.1. The molecule has 0 radical (unpaired) electrons. The number of likely N-dealkylation sites (N-methyl/N-ethyl adjacent to an activating group) is 1. The summed E-state index contributed by atoms with van der Waals surface area (Å²) in [7, 11) is -4.24. The number of aryl methyl sites for hydroxylation is 1. The average Bonchev–Trinajstić information content (AvgIpc) is 2.98. The summed E-state index contributed by atoms with van der Waals surface area (Å²) in [5, 5.41) is 3.28. The highest BCUT2D eigenvalue weighted by molar-refractivity contribution is 7.92. The number of halogens is 2. The zero-order valence-electron chi connectivity index (χ0n) is 23.9. The van der Waals surface area contributed by atoms with Gasteiger partial charge < -0.3 is 10.2 Å². The van der Waals surface area contributed by atoms with E-state index in [-0.39, 0.29) is 39.5 Å². The summed E-state index contributed by atoms with van der Waals surface area (Å²) in [4.78, 5) is 29.4. The second-order valence-electron chi connectivity index (χ2n) is 10.1. The van der Waals surface area contributed by atoms with Gasteiger partial charge in [-0.25, -0.2) is 8.42 Å². The molecule has 0 aliphatic rings. The molecule has 0 fully saturated rings. The van der Waals surface area contributed by atoms with Gasteiger partial charge in [0.25, 0.3) is 10.0 Å². The van der Waals surface area contributed by atoms with Gasteiger partial charge in [0, 0.05) is 29.6 Å². The Morgan fingerprint density at radius 1 is 0.814 bits per heavy atom. The van der Waals surface area contributed by atoms with Gasteiger partial charge in [-0.05, 0) is 55.3 Å². The number of carbonyl (C=O) groups excluding carboxylic acids is 2. The Morgan fingerprint density at radius 2 is 1.42 bits per heavy atom. The van der Waals surface area contributed by atoms with Crippen molar-refractivity contribution in [3.8, 4) is 0 Å². The van der Waals surface area contributed by atoms with E-state index in [4.69, 9.17) is 23.2 Å². The fourth-order valence-corrected chi connectivity index (χ4v) is 6.72. The fourth-order valence-electron chi connectivity index (χ4n) is 4.78.